The molecule has 1 aliphatic rings. The highest BCUT2D eigenvalue weighted by Crippen LogP contribution is 2.29. The Bertz CT molecular complexity index is 1090. The van der Waals surface area contributed by atoms with Gasteiger partial charge in [-0.15, -0.1) is 15.3 Å². The molecule has 0 aliphatic carbocycles. The number of nitrogens with zero attached hydrogens (tertiary/aromatic N) is 5. The SMILES string of the molecule is C[C@H](NC(=O)C1CCN(c2ccc3nnc(C(F)(F)F)n3n2)CC1)c1cccc(Cl)c1. The van der Waals surface area contributed by atoms with Gasteiger partial charge in [0.25, 0.3) is 5.82 Å². The first-order chi connectivity index (χ1) is 14.7. The molecule has 0 unspecified atom stereocenters. The minimum absolute atomic E-state index is 0.0281. The Morgan fingerprint density at radius 3 is 2.61 bits per heavy atom. The Morgan fingerprint density at radius 2 is 1.94 bits per heavy atom. The lowest BCUT2D eigenvalue weighted by molar-refractivity contribution is -0.146. The van der Waals surface area contributed by atoms with Crippen LogP contribution in [0.4, 0.5) is 19.0 Å². The maximum atomic E-state index is 13.1. The van der Waals surface area contributed by atoms with Crippen LogP contribution in [0.25, 0.3) is 5.65 Å². The number of nitrogens with one attached hydrogen (secondary N) is 1. The van der Waals surface area contributed by atoms with Crippen molar-refractivity contribution in [2.45, 2.75) is 32.0 Å². The lowest BCUT2D eigenvalue weighted by atomic mass is 9.95. The van der Waals surface area contributed by atoms with Crippen molar-refractivity contribution >= 4 is 29.0 Å². The first-order valence-electron chi connectivity index (χ1n) is 9.83. The van der Waals surface area contributed by atoms with Gasteiger partial charge in [0, 0.05) is 24.0 Å². The summed E-state index contributed by atoms with van der Waals surface area (Å²) in [6.45, 7) is 2.91. The number of carbonyl (C=O) groups excluding carboxylic acids is 1. The minimum Gasteiger partial charge on any atom is -0.355 e. The van der Waals surface area contributed by atoms with Crippen LogP contribution in [0.5, 0.6) is 0 Å². The smallest absolute Gasteiger partial charge is 0.355 e. The third kappa shape index (κ3) is 4.58. The zero-order valence-electron chi connectivity index (χ0n) is 16.6. The molecule has 164 valence electrons. The van der Waals surface area contributed by atoms with Gasteiger partial charge in [-0.05, 0) is 49.6 Å². The van der Waals surface area contributed by atoms with E-state index in [0.29, 0.717) is 41.3 Å². The predicted octanol–water partition coefficient (Wildman–Crippen LogP) is 3.89. The van der Waals surface area contributed by atoms with Gasteiger partial charge in [-0.1, -0.05) is 23.7 Å². The van der Waals surface area contributed by atoms with Crippen molar-refractivity contribution in [3.8, 4) is 0 Å². The van der Waals surface area contributed by atoms with Gasteiger partial charge < -0.3 is 10.2 Å². The van der Waals surface area contributed by atoms with E-state index in [2.05, 4.69) is 20.6 Å². The van der Waals surface area contributed by atoms with Crippen LogP contribution in [0.1, 0.15) is 37.2 Å². The molecular weight excluding hydrogens is 433 g/mol. The fraction of sp³-hybridized carbons (Fsp3) is 0.400. The zero-order chi connectivity index (χ0) is 22.2. The van der Waals surface area contributed by atoms with E-state index >= 15 is 0 Å². The van der Waals surface area contributed by atoms with Gasteiger partial charge in [0.1, 0.15) is 5.82 Å². The fourth-order valence-electron chi connectivity index (χ4n) is 3.69. The van der Waals surface area contributed by atoms with Crippen molar-refractivity contribution in [2.24, 2.45) is 5.92 Å². The molecule has 0 spiro atoms. The highest BCUT2D eigenvalue weighted by molar-refractivity contribution is 6.30. The molecule has 2 aromatic heterocycles. The number of carbonyl (C=O) groups is 1. The second-order valence-electron chi connectivity index (χ2n) is 7.53. The molecule has 1 fully saturated rings. The summed E-state index contributed by atoms with van der Waals surface area (Å²) in [5.41, 5.74) is 0.950. The minimum atomic E-state index is -4.64. The molecule has 1 atom stereocenters. The summed E-state index contributed by atoms with van der Waals surface area (Å²) < 4.78 is 40.0. The van der Waals surface area contributed by atoms with E-state index in [0.717, 1.165) is 5.56 Å². The molecular formula is C20H20ClF3N6O. The van der Waals surface area contributed by atoms with Crippen molar-refractivity contribution < 1.29 is 18.0 Å². The van der Waals surface area contributed by atoms with Crippen molar-refractivity contribution in [1.82, 2.24) is 25.1 Å². The number of alkyl halides is 3. The Morgan fingerprint density at radius 1 is 1.19 bits per heavy atom. The van der Waals surface area contributed by atoms with Crippen LogP contribution in [0.2, 0.25) is 5.02 Å². The Balaban J connectivity index is 1.40. The lowest BCUT2D eigenvalue weighted by Crippen LogP contribution is -2.41. The highest BCUT2D eigenvalue weighted by atomic mass is 35.5. The van der Waals surface area contributed by atoms with E-state index in [4.69, 9.17) is 11.6 Å². The van der Waals surface area contributed by atoms with Crippen molar-refractivity contribution in [3.63, 3.8) is 0 Å². The second-order valence-corrected chi connectivity index (χ2v) is 7.97. The molecule has 0 radical (unpaired) electrons. The summed E-state index contributed by atoms with van der Waals surface area (Å²) in [6.07, 6.45) is -3.50. The van der Waals surface area contributed by atoms with E-state index in [-0.39, 0.29) is 23.5 Å². The summed E-state index contributed by atoms with van der Waals surface area (Å²) in [6, 6.07) is 10.2. The van der Waals surface area contributed by atoms with Crippen LogP contribution in [0.3, 0.4) is 0 Å². The topological polar surface area (TPSA) is 75.4 Å². The van der Waals surface area contributed by atoms with Gasteiger partial charge in [0.2, 0.25) is 5.91 Å². The lowest BCUT2D eigenvalue weighted by Gasteiger charge is -2.32. The number of fused-ring (bicyclic) bond motifs is 1. The molecule has 1 N–H and O–H groups in total. The van der Waals surface area contributed by atoms with Crippen molar-refractivity contribution in [1.29, 1.82) is 0 Å². The number of rotatable bonds is 4. The normalized spacial score (nSPS) is 16.5. The van der Waals surface area contributed by atoms with E-state index in [1.807, 2.05) is 30.0 Å². The van der Waals surface area contributed by atoms with Crippen molar-refractivity contribution in [2.75, 3.05) is 18.0 Å². The molecule has 0 saturated carbocycles. The number of aromatic nitrogens is 4. The van der Waals surface area contributed by atoms with Crippen molar-refractivity contribution in [3.05, 3.63) is 52.8 Å². The average molecular weight is 453 g/mol. The largest absolute Gasteiger partial charge is 0.453 e. The molecule has 1 amide bonds. The summed E-state index contributed by atoms with van der Waals surface area (Å²) in [7, 11) is 0. The molecule has 3 aromatic rings. The first-order valence-corrected chi connectivity index (χ1v) is 10.2. The van der Waals surface area contributed by atoms with E-state index in [1.165, 1.54) is 6.07 Å². The molecule has 7 nitrogen and oxygen atoms in total. The van der Waals surface area contributed by atoms with Gasteiger partial charge in [-0.2, -0.15) is 17.7 Å². The molecule has 3 heterocycles. The van der Waals surface area contributed by atoms with Crippen LogP contribution in [-0.4, -0.2) is 38.8 Å². The fourth-order valence-corrected chi connectivity index (χ4v) is 3.88. The quantitative estimate of drug-likeness (QED) is 0.650. The summed E-state index contributed by atoms with van der Waals surface area (Å²) in [5, 5.41) is 14.4. The molecule has 31 heavy (non-hydrogen) atoms. The number of anilines is 1. The predicted molar refractivity (Wildman–Crippen MR) is 109 cm³/mol. The Hall–Kier alpha value is -2.88. The van der Waals surface area contributed by atoms with Crippen LogP contribution < -0.4 is 10.2 Å². The van der Waals surface area contributed by atoms with Crippen LogP contribution in [-0.2, 0) is 11.0 Å². The number of amides is 1. The third-order valence-electron chi connectivity index (χ3n) is 5.40. The summed E-state index contributed by atoms with van der Waals surface area (Å²) in [5.74, 6) is -0.992. The first kappa shape index (κ1) is 21.4. The molecule has 11 heteroatoms. The van der Waals surface area contributed by atoms with E-state index in [9.17, 15) is 18.0 Å². The molecule has 1 aromatic carbocycles. The van der Waals surface area contributed by atoms with Crippen LogP contribution >= 0.6 is 11.6 Å². The van der Waals surface area contributed by atoms with Gasteiger partial charge in [0.05, 0.1) is 6.04 Å². The van der Waals surface area contributed by atoms with Crippen LogP contribution in [0, 0.1) is 5.92 Å². The third-order valence-corrected chi connectivity index (χ3v) is 5.63. The Labute approximate surface area is 181 Å². The number of piperidine rings is 1. The average Bonchev–Trinajstić information content (AvgIpc) is 3.17. The standard InChI is InChI=1S/C20H20ClF3N6O/c1-12(14-3-2-4-15(21)11-14)25-18(31)13-7-9-29(10-8-13)17-6-5-16-26-27-19(20(22,23)24)30(16)28-17/h2-6,11-13H,7-10H2,1H3,(H,25,31)/t12-/m0/s1. The van der Waals surface area contributed by atoms with E-state index in [1.54, 1.807) is 12.1 Å². The molecule has 1 aliphatic heterocycles. The maximum absolute atomic E-state index is 13.1. The van der Waals surface area contributed by atoms with Gasteiger partial charge in [0.15, 0.2) is 5.65 Å². The van der Waals surface area contributed by atoms with Gasteiger partial charge in [-0.25, -0.2) is 0 Å². The number of hydrogen-bond donors (Lipinski definition) is 1. The number of halogens is 4. The monoisotopic (exact) mass is 452 g/mol. The maximum Gasteiger partial charge on any atom is 0.453 e. The van der Waals surface area contributed by atoms with Gasteiger partial charge >= 0.3 is 6.18 Å². The molecule has 0 bridgehead atoms. The highest BCUT2D eigenvalue weighted by Gasteiger charge is 2.38. The number of hydrogen-bond acceptors (Lipinski definition) is 5. The summed E-state index contributed by atoms with van der Waals surface area (Å²) >= 11 is 6.02. The van der Waals surface area contributed by atoms with E-state index < -0.39 is 12.0 Å². The molecule has 4 rings (SSSR count). The Kier molecular flexibility index (Phi) is 5.74. The molecule has 1 saturated heterocycles. The van der Waals surface area contributed by atoms with Crippen LogP contribution in [0.15, 0.2) is 36.4 Å². The van der Waals surface area contributed by atoms with Gasteiger partial charge in [-0.3, -0.25) is 4.79 Å². The summed E-state index contributed by atoms with van der Waals surface area (Å²) in [4.78, 5) is 14.5. The zero-order valence-corrected chi connectivity index (χ0v) is 17.4. The number of benzene rings is 1. The second kappa shape index (κ2) is 8.33.